The Bertz CT molecular complexity index is 514. The minimum absolute atomic E-state index is 0.241. The van der Waals surface area contributed by atoms with Gasteiger partial charge in [0.2, 0.25) is 0 Å². The fourth-order valence-electron chi connectivity index (χ4n) is 2.18. The molecule has 2 rings (SSSR count). The van der Waals surface area contributed by atoms with E-state index in [1.165, 1.54) is 5.56 Å². The molecule has 1 aromatic rings. The molecule has 1 N–H and O–H groups in total. The maximum absolute atomic E-state index is 5.78. The number of terminal acetylenes is 1. The van der Waals surface area contributed by atoms with Crippen LogP contribution in [-0.4, -0.2) is 18.8 Å². The molecule has 0 aromatic heterocycles. The Morgan fingerprint density at radius 2 is 2.26 bits per heavy atom. The molecule has 0 fully saturated rings. The van der Waals surface area contributed by atoms with E-state index in [9.17, 15) is 0 Å². The Morgan fingerprint density at radius 3 is 2.89 bits per heavy atom. The van der Waals surface area contributed by atoms with E-state index in [1.807, 2.05) is 13.8 Å². The van der Waals surface area contributed by atoms with Crippen molar-refractivity contribution in [2.75, 3.05) is 7.11 Å². The van der Waals surface area contributed by atoms with Crippen LogP contribution < -0.4 is 14.8 Å². The summed E-state index contributed by atoms with van der Waals surface area (Å²) in [6.45, 7) is 6.69. The zero-order valence-corrected chi connectivity index (χ0v) is 12.0. The van der Waals surface area contributed by atoms with Crippen LogP contribution >= 0.6 is 0 Å². The lowest BCUT2D eigenvalue weighted by atomic mass is 10.0. The highest BCUT2D eigenvalue weighted by atomic mass is 16.5. The first-order chi connectivity index (χ1) is 8.95. The topological polar surface area (TPSA) is 30.5 Å². The normalized spacial score (nSPS) is 17.5. The van der Waals surface area contributed by atoms with Crippen molar-refractivity contribution < 1.29 is 9.47 Å². The number of hydrogen-bond acceptors (Lipinski definition) is 3. The van der Waals surface area contributed by atoms with E-state index in [0.717, 1.165) is 23.5 Å². The lowest BCUT2D eigenvalue weighted by molar-refractivity contribution is 0.254. The minimum Gasteiger partial charge on any atom is -0.496 e. The van der Waals surface area contributed by atoms with Crippen LogP contribution in [0.3, 0.4) is 0 Å². The van der Waals surface area contributed by atoms with Crippen LogP contribution in [0.2, 0.25) is 0 Å². The number of rotatable bonds is 4. The smallest absolute Gasteiger partial charge is 0.123 e. The van der Waals surface area contributed by atoms with Gasteiger partial charge in [-0.15, -0.1) is 6.42 Å². The van der Waals surface area contributed by atoms with Crippen molar-refractivity contribution >= 4 is 0 Å². The summed E-state index contributed by atoms with van der Waals surface area (Å²) in [7, 11) is 1.69. The largest absolute Gasteiger partial charge is 0.496 e. The SMILES string of the molecule is C#CC(C)(C)NCc1cc2c(cc1OC)CC(C)O2. The molecule has 102 valence electrons. The van der Waals surface area contributed by atoms with E-state index in [-0.39, 0.29) is 11.6 Å². The third-order valence-corrected chi connectivity index (χ3v) is 3.38. The Morgan fingerprint density at radius 1 is 1.53 bits per heavy atom. The molecule has 0 aliphatic carbocycles. The van der Waals surface area contributed by atoms with Gasteiger partial charge >= 0.3 is 0 Å². The number of ether oxygens (including phenoxy) is 2. The molecule has 19 heavy (non-hydrogen) atoms. The lowest BCUT2D eigenvalue weighted by Crippen LogP contribution is -2.37. The molecule has 1 aliphatic heterocycles. The van der Waals surface area contributed by atoms with Gasteiger partial charge in [0.05, 0.1) is 12.6 Å². The first kappa shape index (κ1) is 13.8. The Labute approximate surface area is 115 Å². The fourth-order valence-corrected chi connectivity index (χ4v) is 2.18. The summed E-state index contributed by atoms with van der Waals surface area (Å²) in [6.07, 6.45) is 6.66. The summed E-state index contributed by atoms with van der Waals surface area (Å²) in [6, 6.07) is 4.12. The van der Waals surface area contributed by atoms with Crippen molar-refractivity contribution in [1.29, 1.82) is 0 Å². The maximum atomic E-state index is 5.78. The quantitative estimate of drug-likeness (QED) is 0.843. The zero-order valence-electron chi connectivity index (χ0n) is 12.0. The Hall–Kier alpha value is -1.66. The van der Waals surface area contributed by atoms with Crippen LogP contribution in [0.1, 0.15) is 31.9 Å². The molecular formula is C16H21NO2. The van der Waals surface area contributed by atoms with Crippen LogP contribution in [0.5, 0.6) is 11.5 Å². The molecular weight excluding hydrogens is 238 g/mol. The molecule has 0 bridgehead atoms. The highest BCUT2D eigenvalue weighted by molar-refractivity contribution is 5.48. The summed E-state index contributed by atoms with van der Waals surface area (Å²) in [5.74, 6) is 4.57. The lowest BCUT2D eigenvalue weighted by Gasteiger charge is -2.21. The van der Waals surface area contributed by atoms with E-state index in [4.69, 9.17) is 15.9 Å². The average Bonchev–Trinajstić information content (AvgIpc) is 2.74. The summed E-state index contributed by atoms with van der Waals surface area (Å²) in [5, 5.41) is 3.33. The van der Waals surface area contributed by atoms with Gasteiger partial charge in [-0.05, 0) is 32.9 Å². The van der Waals surface area contributed by atoms with E-state index in [0.29, 0.717) is 6.54 Å². The number of nitrogens with one attached hydrogen (secondary N) is 1. The van der Waals surface area contributed by atoms with E-state index < -0.39 is 0 Å². The van der Waals surface area contributed by atoms with Gasteiger partial charge in [-0.1, -0.05) is 5.92 Å². The standard InChI is InChI=1S/C16H21NO2/c1-6-16(3,4)17-10-13-9-15-12(7-11(2)19-15)8-14(13)18-5/h1,8-9,11,17H,7,10H2,2-5H3. The number of fused-ring (bicyclic) bond motifs is 1. The highest BCUT2D eigenvalue weighted by Crippen LogP contribution is 2.35. The van der Waals surface area contributed by atoms with Crippen LogP contribution in [0.25, 0.3) is 0 Å². The number of methoxy groups -OCH3 is 1. The van der Waals surface area contributed by atoms with Crippen molar-refractivity contribution in [1.82, 2.24) is 5.32 Å². The summed E-state index contributed by atoms with van der Waals surface area (Å²) in [5.41, 5.74) is 1.95. The molecule has 0 saturated heterocycles. The molecule has 1 aliphatic rings. The summed E-state index contributed by atoms with van der Waals surface area (Å²) < 4.78 is 11.2. The first-order valence-electron chi connectivity index (χ1n) is 6.54. The van der Waals surface area contributed by atoms with Gasteiger partial charge in [0.15, 0.2) is 0 Å². The van der Waals surface area contributed by atoms with Crippen LogP contribution in [0.15, 0.2) is 12.1 Å². The summed E-state index contributed by atoms with van der Waals surface area (Å²) in [4.78, 5) is 0. The van der Waals surface area contributed by atoms with Gasteiger partial charge in [-0.2, -0.15) is 0 Å². The van der Waals surface area contributed by atoms with Crippen LogP contribution in [-0.2, 0) is 13.0 Å². The van der Waals surface area contributed by atoms with Gasteiger partial charge in [-0.3, -0.25) is 5.32 Å². The highest BCUT2D eigenvalue weighted by Gasteiger charge is 2.22. The first-order valence-corrected chi connectivity index (χ1v) is 6.54. The zero-order chi connectivity index (χ0) is 14.0. The van der Waals surface area contributed by atoms with Gasteiger partial charge < -0.3 is 9.47 Å². The van der Waals surface area contributed by atoms with Crippen LogP contribution in [0.4, 0.5) is 0 Å². The Balaban J connectivity index is 2.21. The molecule has 1 heterocycles. The number of hydrogen-bond donors (Lipinski definition) is 1. The molecule has 0 saturated carbocycles. The second-order valence-corrected chi connectivity index (χ2v) is 5.53. The maximum Gasteiger partial charge on any atom is 0.123 e. The molecule has 3 nitrogen and oxygen atoms in total. The van der Waals surface area contributed by atoms with E-state index >= 15 is 0 Å². The third kappa shape index (κ3) is 3.02. The van der Waals surface area contributed by atoms with Crippen molar-refractivity contribution in [3.63, 3.8) is 0 Å². The van der Waals surface area contributed by atoms with E-state index in [2.05, 4.69) is 30.3 Å². The monoisotopic (exact) mass is 259 g/mol. The van der Waals surface area contributed by atoms with Gasteiger partial charge in [-0.25, -0.2) is 0 Å². The second kappa shape index (κ2) is 5.14. The predicted octanol–water partition coefficient (Wildman–Crippen LogP) is 2.52. The predicted molar refractivity (Wildman–Crippen MR) is 76.5 cm³/mol. The molecule has 3 heteroatoms. The summed E-state index contributed by atoms with van der Waals surface area (Å²) >= 11 is 0. The second-order valence-electron chi connectivity index (χ2n) is 5.53. The Kier molecular flexibility index (Phi) is 3.73. The minimum atomic E-state index is -0.335. The van der Waals surface area contributed by atoms with Gasteiger partial charge in [0, 0.05) is 24.1 Å². The molecule has 0 radical (unpaired) electrons. The average molecular weight is 259 g/mol. The third-order valence-electron chi connectivity index (χ3n) is 3.38. The van der Waals surface area contributed by atoms with Crippen molar-refractivity contribution in [3.05, 3.63) is 23.3 Å². The molecule has 0 amide bonds. The van der Waals surface area contributed by atoms with Crippen molar-refractivity contribution in [2.24, 2.45) is 0 Å². The molecule has 0 spiro atoms. The van der Waals surface area contributed by atoms with Gasteiger partial charge in [0.1, 0.15) is 17.6 Å². The fraction of sp³-hybridized carbons (Fsp3) is 0.500. The number of benzene rings is 1. The van der Waals surface area contributed by atoms with Gasteiger partial charge in [0.25, 0.3) is 0 Å². The molecule has 1 unspecified atom stereocenters. The van der Waals surface area contributed by atoms with E-state index in [1.54, 1.807) is 7.11 Å². The molecule has 1 aromatic carbocycles. The van der Waals surface area contributed by atoms with Crippen molar-refractivity contribution in [3.8, 4) is 23.8 Å². The van der Waals surface area contributed by atoms with Crippen LogP contribution in [0, 0.1) is 12.3 Å². The van der Waals surface area contributed by atoms with Crippen molar-refractivity contribution in [2.45, 2.75) is 45.4 Å². The molecule has 1 atom stereocenters.